The SMILES string of the molecule is c1cn(-c2ccc3cc4cc(-n5ccnc5)ccc4cc3c2)cn1. The van der Waals surface area contributed by atoms with Crippen molar-refractivity contribution in [2.45, 2.75) is 0 Å². The molecule has 0 fully saturated rings. The predicted octanol–water partition coefficient (Wildman–Crippen LogP) is 4.36. The van der Waals surface area contributed by atoms with E-state index in [2.05, 4.69) is 58.5 Å². The molecule has 2 aromatic heterocycles. The lowest BCUT2D eigenvalue weighted by molar-refractivity contribution is 1.06. The van der Waals surface area contributed by atoms with Gasteiger partial charge in [-0.15, -0.1) is 0 Å². The summed E-state index contributed by atoms with van der Waals surface area (Å²) in [6, 6.07) is 17.4. The Bertz CT molecular complexity index is 1050. The molecule has 4 heteroatoms. The third kappa shape index (κ3) is 2.08. The summed E-state index contributed by atoms with van der Waals surface area (Å²) in [6.07, 6.45) is 11.1. The zero-order chi connectivity index (χ0) is 15.9. The second-order valence-corrected chi connectivity index (χ2v) is 5.86. The van der Waals surface area contributed by atoms with Gasteiger partial charge in [-0.25, -0.2) is 9.97 Å². The maximum absolute atomic E-state index is 4.12. The van der Waals surface area contributed by atoms with Crippen molar-refractivity contribution in [1.82, 2.24) is 19.1 Å². The minimum absolute atomic E-state index is 1.12. The van der Waals surface area contributed by atoms with Crippen molar-refractivity contribution in [3.8, 4) is 11.4 Å². The fourth-order valence-electron chi connectivity index (χ4n) is 3.12. The first-order chi connectivity index (χ1) is 11.9. The monoisotopic (exact) mass is 310 g/mol. The van der Waals surface area contributed by atoms with Crippen molar-refractivity contribution in [3.05, 3.63) is 86.0 Å². The van der Waals surface area contributed by atoms with Crippen molar-refractivity contribution >= 4 is 21.5 Å². The number of imidazole rings is 2. The molecular weight excluding hydrogens is 296 g/mol. The van der Waals surface area contributed by atoms with E-state index in [9.17, 15) is 0 Å². The van der Waals surface area contributed by atoms with Crippen LogP contribution in [0.4, 0.5) is 0 Å². The Morgan fingerprint density at radius 3 is 1.46 bits per heavy atom. The van der Waals surface area contributed by atoms with E-state index in [1.807, 2.05) is 34.2 Å². The normalized spacial score (nSPS) is 11.3. The van der Waals surface area contributed by atoms with E-state index >= 15 is 0 Å². The van der Waals surface area contributed by atoms with Crippen LogP contribution in [0.3, 0.4) is 0 Å². The van der Waals surface area contributed by atoms with E-state index in [1.54, 1.807) is 12.4 Å². The fraction of sp³-hybridized carbons (Fsp3) is 0. The Hall–Kier alpha value is -3.40. The Labute approximate surface area is 138 Å². The Kier molecular flexibility index (Phi) is 2.76. The third-order valence-electron chi connectivity index (χ3n) is 4.37. The van der Waals surface area contributed by atoms with Crippen LogP contribution in [0.1, 0.15) is 0 Å². The van der Waals surface area contributed by atoms with Gasteiger partial charge in [0.05, 0.1) is 12.7 Å². The van der Waals surface area contributed by atoms with E-state index < -0.39 is 0 Å². The molecular formula is C20H14N4. The van der Waals surface area contributed by atoms with Gasteiger partial charge in [0.1, 0.15) is 0 Å². The molecule has 0 aliphatic rings. The van der Waals surface area contributed by atoms with Crippen LogP contribution in [-0.2, 0) is 0 Å². The maximum atomic E-state index is 4.12. The van der Waals surface area contributed by atoms with Crippen molar-refractivity contribution in [2.24, 2.45) is 0 Å². The lowest BCUT2D eigenvalue weighted by Gasteiger charge is -2.08. The summed E-state index contributed by atoms with van der Waals surface area (Å²) >= 11 is 0. The summed E-state index contributed by atoms with van der Waals surface area (Å²) < 4.78 is 4.04. The number of hydrogen-bond acceptors (Lipinski definition) is 2. The largest absolute Gasteiger partial charge is 0.306 e. The molecule has 0 N–H and O–H groups in total. The number of hydrogen-bond donors (Lipinski definition) is 0. The summed E-state index contributed by atoms with van der Waals surface area (Å²) in [5.41, 5.74) is 2.24. The van der Waals surface area contributed by atoms with E-state index in [-0.39, 0.29) is 0 Å². The van der Waals surface area contributed by atoms with Gasteiger partial charge < -0.3 is 9.13 Å². The number of benzene rings is 3. The highest BCUT2D eigenvalue weighted by Gasteiger charge is 2.03. The quantitative estimate of drug-likeness (QED) is 0.454. The van der Waals surface area contributed by atoms with Crippen LogP contribution in [0.25, 0.3) is 32.9 Å². The predicted molar refractivity (Wildman–Crippen MR) is 95.7 cm³/mol. The molecule has 0 atom stereocenters. The molecule has 0 saturated heterocycles. The first-order valence-electron chi connectivity index (χ1n) is 7.81. The van der Waals surface area contributed by atoms with Crippen LogP contribution in [0.2, 0.25) is 0 Å². The van der Waals surface area contributed by atoms with Gasteiger partial charge in [0.15, 0.2) is 0 Å². The minimum Gasteiger partial charge on any atom is -0.306 e. The summed E-state index contributed by atoms with van der Waals surface area (Å²) in [5, 5.41) is 4.91. The first kappa shape index (κ1) is 13.1. The van der Waals surface area contributed by atoms with Gasteiger partial charge >= 0.3 is 0 Å². The zero-order valence-electron chi connectivity index (χ0n) is 12.9. The minimum atomic E-state index is 1.12. The molecule has 114 valence electrons. The van der Waals surface area contributed by atoms with Crippen LogP contribution in [0.15, 0.2) is 86.0 Å². The average molecular weight is 310 g/mol. The van der Waals surface area contributed by atoms with Gasteiger partial charge in [-0.1, -0.05) is 12.1 Å². The molecule has 3 aromatic carbocycles. The molecule has 0 bridgehead atoms. The summed E-state index contributed by atoms with van der Waals surface area (Å²) in [6.45, 7) is 0. The Balaban J connectivity index is 1.68. The van der Waals surface area contributed by atoms with Crippen molar-refractivity contribution in [3.63, 3.8) is 0 Å². The van der Waals surface area contributed by atoms with Crippen LogP contribution in [0, 0.1) is 0 Å². The highest BCUT2D eigenvalue weighted by atomic mass is 15.0. The maximum Gasteiger partial charge on any atom is 0.0991 e. The second-order valence-electron chi connectivity index (χ2n) is 5.86. The molecule has 0 amide bonds. The Morgan fingerprint density at radius 1 is 0.542 bits per heavy atom. The molecule has 5 rings (SSSR count). The standard InChI is InChI=1S/C20H14N4/c1-3-19(23-7-5-21-13-23)11-17-10-16-2-4-20(24-8-6-22-14-24)12-18(16)9-15(1)17/h1-14H. The van der Waals surface area contributed by atoms with E-state index in [4.69, 9.17) is 0 Å². The third-order valence-corrected chi connectivity index (χ3v) is 4.37. The summed E-state index contributed by atoms with van der Waals surface area (Å²) in [5.74, 6) is 0. The first-order valence-corrected chi connectivity index (χ1v) is 7.81. The lowest BCUT2D eigenvalue weighted by atomic mass is 10.0. The molecule has 2 heterocycles. The van der Waals surface area contributed by atoms with Crippen molar-refractivity contribution in [1.29, 1.82) is 0 Å². The number of fused-ring (bicyclic) bond motifs is 2. The fourth-order valence-corrected chi connectivity index (χ4v) is 3.12. The number of aromatic nitrogens is 4. The van der Waals surface area contributed by atoms with Gasteiger partial charge in [-0.05, 0) is 57.9 Å². The average Bonchev–Trinajstić information content (AvgIpc) is 3.32. The molecule has 0 aliphatic heterocycles. The van der Waals surface area contributed by atoms with Gasteiger partial charge in [0.25, 0.3) is 0 Å². The van der Waals surface area contributed by atoms with Gasteiger partial charge in [0, 0.05) is 36.2 Å². The molecule has 5 aromatic rings. The van der Waals surface area contributed by atoms with Crippen LogP contribution in [0.5, 0.6) is 0 Å². The van der Waals surface area contributed by atoms with Crippen LogP contribution < -0.4 is 0 Å². The van der Waals surface area contributed by atoms with Crippen molar-refractivity contribution in [2.75, 3.05) is 0 Å². The summed E-state index contributed by atoms with van der Waals surface area (Å²) in [4.78, 5) is 8.24. The van der Waals surface area contributed by atoms with Gasteiger partial charge in [0.2, 0.25) is 0 Å². The van der Waals surface area contributed by atoms with Gasteiger partial charge in [-0.2, -0.15) is 0 Å². The van der Waals surface area contributed by atoms with Crippen LogP contribution >= 0.6 is 0 Å². The number of rotatable bonds is 2. The number of nitrogens with zero attached hydrogens (tertiary/aromatic N) is 4. The van der Waals surface area contributed by atoms with E-state index in [1.165, 1.54) is 21.5 Å². The van der Waals surface area contributed by atoms with E-state index in [0.29, 0.717) is 0 Å². The zero-order valence-corrected chi connectivity index (χ0v) is 12.9. The van der Waals surface area contributed by atoms with Crippen molar-refractivity contribution < 1.29 is 0 Å². The molecule has 0 aliphatic carbocycles. The topological polar surface area (TPSA) is 35.6 Å². The lowest BCUT2D eigenvalue weighted by Crippen LogP contribution is -1.91. The molecule has 24 heavy (non-hydrogen) atoms. The molecule has 4 nitrogen and oxygen atoms in total. The van der Waals surface area contributed by atoms with Crippen LogP contribution in [-0.4, -0.2) is 19.1 Å². The molecule has 0 unspecified atom stereocenters. The molecule has 0 radical (unpaired) electrons. The highest BCUT2D eigenvalue weighted by molar-refractivity contribution is 5.99. The molecule has 0 saturated carbocycles. The summed E-state index contributed by atoms with van der Waals surface area (Å²) in [7, 11) is 0. The Morgan fingerprint density at radius 2 is 1.04 bits per heavy atom. The second kappa shape index (κ2) is 5.06. The van der Waals surface area contributed by atoms with E-state index in [0.717, 1.165) is 11.4 Å². The molecule has 0 spiro atoms. The highest BCUT2D eigenvalue weighted by Crippen LogP contribution is 2.26. The smallest absolute Gasteiger partial charge is 0.0991 e. The van der Waals surface area contributed by atoms with Gasteiger partial charge in [-0.3, -0.25) is 0 Å².